The summed E-state index contributed by atoms with van der Waals surface area (Å²) in [6.45, 7) is 6.54. The van der Waals surface area contributed by atoms with Gasteiger partial charge in [-0.3, -0.25) is 9.47 Å². The lowest BCUT2D eigenvalue weighted by atomic mass is 9.84. The summed E-state index contributed by atoms with van der Waals surface area (Å²) in [5.41, 5.74) is 0.371. The molecule has 0 aliphatic carbocycles. The lowest BCUT2D eigenvalue weighted by Gasteiger charge is -2.42. The topological polar surface area (TPSA) is 71.2 Å². The molecule has 2 aliphatic heterocycles. The van der Waals surface area contributed by atoms with E-state index in [0.717, 1.165) is 17.0 Å². The highest BCUT2D eigenvalue weighted by Gasteiger charge is 2.43. The SMILES string of the molecule is C[C@@H]1Cc2c(ccc3c2oc(=O)n3C)[C@@H](c2c(F)cc(N3CCN(C(=O)OC(C)(C)C)CC3)cc2F)N1CC(F)(F)F. The lowest BCUT2D eigenvalue weighted by molar-refractivity contribution is -0.155. The van der Waals surface area contributed by atoms with Crippen LogP contribution in [-0.2, 0) is 18.2 Å². The van der Waals surface area contributed by atoms with Gasteiger partial charge in [0.05, 0.1) is 18.1 Å². The first-order valence-corrected chi connectivity index (χ1v) is 13.7. The Kier molecular flexibility index (Phi) is 7.53. The summed E-state index contributed by atoms with van der Waals surface area (Å²) in [5, 5.41) is 0. The lowest BCUT2D eigenvalue weighted by Crippen LogP contribution is -2.50. The third-order valence-electron chi connectivity index (χ3n) is 7.79. The Balaban J connectivity index is 1.51. The molecule has 0 bridgehead atoms. The molecule has 0 N–H and O–H groups in total. The van der Waals surface area contributed by atoms with Gasteiger partial charge in [0, 0.05) is 56.1 Å². The van der Waals surface area contributed by atoms with Gasteiger partial charge in [0.1, 0.15) is 17.2 Å². The van der Waals surface area contributed by atoms with Gasteiger partial charge in [-0.25, -0.2) is 18.4 Å². The van der Waals surface area contributed by atoms with Crippen molar-refractivity contribution in [2.45, 2.75) is 58.0 Å². The summed E-state index contributed by atoms with van der Waals surface area (Å²) in [7, 11) is 1.51. The van der Waals surface area contributed by atoms with E-state index in [9.17, 15) is 22.8 Å². The molecule has 228 valence electrons. The van der Waals surface area contributed by atoms with E-state index in [2.05, 4.69) is 0 Å². The van der Waals surface area contributed by atoms with Gasteiger partial charge in [-0.05, 0) is 57.9 Å². The second-order valence-electron chi connectivity index (χ2n) is 11.9. The maximum absolute atomic E-state index is 15.9. The number of ether oxygens (including phenoxy) is 1. The largest absolute Gasteiger partial charge is 0.444 e. The Morgan fingerprint density at radius 2 is 1.67 bits per heavy atom. The predicted octanol–water partition coefficient (Wildman–Crippen LogP) is 5.37. The number of carbonyl (C=O) groups is 1. The number of halogens is 5. The molecule has 5 rings (SSSR count). The van der Waals surface area contributed by atoms with E-state index in [1.807, 2.05) is 0 Å². The number of oxazole rings is 1. The maximum Gasteiger partial charge on any atom is 0.419 e. The number of hydrogen-bond acceptors (Lipinski definition) is 6. The van der Waals surface area contributed by atoms with Gasteiger partial charge >= 0.3 is 18.0 Å². The van der Waals surface area contributed by atoms with Crippen LogP contribution in [0.1, 0.15) is 50.4 Å². The minimum atomic E-state index is -4.63. The Morgan fingerprint density at radius 3 is 2.24 bits per heavy atom. The molecule has 2 aliphatic rings. The van der Waals surface area contributed by atoms with Crippen molar-refractivity contribution in [2.24, 2.45) is 7.05 Å². The smallest absolute Gasteiger partial charge is 0.419 e. The van der Waals surface area contributed by atoms with Crippen molar-refractivity contribution in [3.63, 3.8) is 0 Å². The highest BCUT2D eigenvalue weighted by atomic mass is 19.4. The van der Waals surface area contributed by atoms with Gasteiger partial charge in [0.2, 0.25) is 0 Å². The van der Waals surface area contributed by atoms with Gasteiger partial charge in [-0.1, -0.05) is 6.07 Å². The number of aromatic nitrogens is 1. The van der Waals surface area contributed by atoms with Gasteiger partial charge in [0.25, 0.3) is 0 Å². The van der Waals surface area contributed by atoms with Crippen LogP contribution in [0.25, 0.3) is 11.1 Å². The Labute approximate surface area is 239 Å². The summed E-state index contributed by atoms with van der Waals surface area (Å²) in [6.07, 6.45) is -5.02. The average Bonchev–Trinajstić information content (AvgIpc) is 3.17. The van der Waals surface area contributed by atoms with Gasteiger partial charge in [0.15, 0.2) is 5.58 Å². The maximum atomic E-state index is 15.9. The highest BCUT2D eigenvalue weighted by molar-refractivity contribution is 5.79. The van der Waals surface area contributed by atoms with Gasteiger partial charge < -0.3 is 19.0 Å². The van der Waals surface area contributed by atoms with Crippen molar-refractivity contribution < 1.29 is 35.9 Å². The molecular formula is C29H33F5N4O4. The van der Waals surface area contributed by atoms with E-state index < -0.39 is 59.5 Å². The zero-order valence-electron chi connectivity index (χ0n) is 24.0. The number of fused-ring (bicyclic) bond motifs is 3. The van der Waals surface area contributed by atoms with Gasteiger partial charge in [-0.15, -0.1) is 0 Å². The zero-order valence-corrected chi connectivity index (χ0v) is 24.0. The molecule has 0 saturated carbocycles. The van der Waals surface area contributed by atoms with E-state index in [0.29, 0.717) is 11.1 Å². The molecule has 2 aromatic carbocycles. The van der Waals surface area contributed by atoms with Crippen molar-refractivity contribution in [1.29, 1.82) is 0 Å². The first-order chi connectivity index (χ1) is 19.5. The molecule has 3 heterocycles. The summed E-state index contributed by atoms with van der Waals surface area (Å²) >= 11 is 0. The Morgan fingerprint density at radius 1 is 1.05 bits per heavy atom. The Bertz CT molecular complexity index is 1540. The minimum absolute atomic E-state index is 0.0927. The van der Waals surface area contributed by atoms with Gasteiger partial charge in [-0.2, -0.15) is 13.2 Å². The molecular weight excluding hydrogens is 563 g/mol. The van der Waals surface area contributed by atoms with E-state index in [4.69, 9.17) is 9.15 Å². The molecule has 0 spiro atoms. The average molecular weight is 597 g/mol. The fourth-order valence-corrected chi connectivity index (χ4v) is 5.84. The number of aryl methyl sites for hydroxylation is 1. The van der Waals surface area contributed by atoms with Crippen LogP contribution in [-0.4, -0.2) is 71.0 Å². The zero-order chi connectivity index (χ0) is 30.7. The molecule has 8 nitrogen and oxygen atoms in total. The summed E-state index contributed by atoms with van der Waals surface area (Å²) < 4.78 is 85.1. The van der Waals surface area contributed by atoms with Crippen LogP contribution in [0, 0.1) is 11.6 Å². The van der Waals surface area contributed by atoms with Crippen LogP contribution in [0.2, 0.25) is 0 Å². The molecule has 1 saturated heterocycles. The molecule has 1 aromatic heterocycles. The van der Waals surface area contributed by atoms with Crippen LogP contribution in [0.15, 0.2) is 33.5 Å². The van der Waals surface area contributed by atoms with Crippen molar-refractivity contribution in [1.82, 2.24) is 14.4 Å². The summed E-state index contributed by atoms with van der Waals surface area (Å²) in [5.74, 6) is -2.63. The number of amides is 1. The fourth-order valence-electron chi connectivity index (χ4n) is 5.84. The predicted molar refractivity (Wildman–Crippen MR) is 146 cm³/mol. The number of benzene rings is 2. The van der Waals surface area contributed by atoms with E-state index in [1.54, 1.807) is 32.6 Å². The normalized spacial score (nSPS) is 20.2. The first-order valence-electron chi connectivity index (χ1n) is 13.7. The number of anilines is 1. The van der Waals surface area contributed by atoms with E-state index in [-0.39, 0.29) is 49.4 Å². The van der Waals surface area contributed by atoms with Crippen molar-refractivity contribution in [2.75, 3.05) is 37.6 Å². The third kappa shape index (κ3) is 5.70. The Hall–Kier alpha value is -3.61. The quantitative estimate of drug-likeness (QED) is 0.379. The van der Waals surface area contributed by atoms with Crippen LogP contribution in [0.3, 0.4) is 0 Å². The molecule has 0 radical (unpaired) electrons. The first kappa shape index (κ1) is 29.9. The third-order valence-corrected chi connectivity index (χ3v) is 7.79. The number of hydrogen-bond donors (Lipinski definition) is 0. The fraction of sp³-hybridized carbons (Fsp3) is 0.517. The molecule has 3 aromatic rings. The molecule has 2 atom stereocenters. The van der Waals surface area contributed by atoms with Crippen molar-refractivity contribution >= 4 is 22.9 Å². The van der Waals surface area contributed by atoms with Crippen LogP contribution < -0.4 is 10.7 Å². The molecule has 42 heavy (non-hydrogen) atoms. The molecule has 13 heteroatoms. The number of rotatable bonds is 3. The van der Waals surface area contributed by atoms with Crippen molar-refractivity contribution in [3.8, 4) is 0 Å². The molecule has 0 unspecified atom stereocenters. The number of carbonyl (C=O) groups excluding carboxylic acids is 1. The number of alkyl halides is 3. The molecule has 1 amide bonds. The monoisotopic (exact) mass is 596 g/mol. The number of piperazine rings is 1. The van der Waals surface area contributed by atoms with Crippen LogP contribution in [0.5, 0.6) is 0 Å². The van der Waals surface area contributed by atoms with Crippen LogP contribution in [0.4, 0.5) is 32.4 Å². The highest BCUT2D eigenvalue weighted by Crippen LogP contribution is 2.44. The van der Waals surface area contributed by atoms with E-state index in [1.165, 1.54) is 28.6 Å². The summed E-state index contributed by atoms with van der Waals surface area (Å²) in [6, 6.07) is 3.07. The second-order valence-corrected chi connectivity index (χ2v) is 11.9. The van der Waals surface area contributed by atoms with E-state index >= 15 is 8.78 Å². The standard InChI is InChI=1S/C29H33F5N4O4/c1-16-12-19-18(6-7-22-25(19)41-26(39)35(22)5)24(38(16)15-29(32,33)34)23-20(30)13-17(14-21(23)31)36-8-10-37(11-9-36)27(40)42-28(2,3)4/h6-7,13-14,16,24H,8-12,15H2,1-5H3/t16-,24+/m1/s1. The van der Waals surface area contributed by atoms with Crippen LogP contribution >= 0.6 is 0 Å². The number of nitrogens with zero attached hydrogens (tertiary/aromatic N) is 4. The molecule has 1 fully saturated rings. The van der Waals surface area contributed by atoms with Crippen molar-refractivity contribution in [3.05, 3.63) is 63.1 Å². The minimum Gasteiger partial charge on any atom is -0.444 e. The summed E-state index contributed by atoms with van der Waals surface area (Å²) in [4.78, 5) is 28.9. The second kappa shape index (κ2) is 10.6.